The Morgan fingerprint density at radius 3 is 2.40 bits per heavy atom. The molecule has 0 aromatic heterocycles. The van der Waals surface area contributed by atoms with Crippen LogP contribution < -0.4 is 0 Å². The molecule has 1 rings (SSSR count). The quantitative estimate of drug-likeness (QED) is 0.729. The average Bonchev–Trinajstić information content (AvgIpc) is 2.25. The summed E-state index contributed by atoms with van der Waals surface area (Å²) in [5.41, 5.74) is 0. The lowest BCUT2D eigenvalue weighted by Crippen LogP contribution is -2.41. The molecule has 0 atom stereocenters. The van der Waals surface area contributed by atoms with Gasteiger partial charge in [-0.15, -0.1) is 0 Å². The van der Waals surface area contributed by atoms with Gasteiger partial charge in [-0.25, -0.2) is 0 Å². The van der Waals surface area contributed by atoms with Crippen LogP contribution >= 0.6 is 0 Å². The van der Waals surface area contributed by atoms with E-state index in [0.29, 0.717) is 6.04 Å². The number of ether oxygens (including phenoxy) is 1. The van der Waals surface area contributed by atoms with E-state index in [2.05, 4.69) is 11.8 Å². The van der Waals surface area contributed by atoms with Crippen LogP contribution in [0.15, 0.2) is 0 Å². The molecule has 0 heterocycles. The lowest BCUT2D eigenvalue weighted by atomic mass is 9.86. The fraction of sp³-hybridized carbons (Fsp3) is 1.00. The number of rotatable bonds is 6. The second-order valence-corrected chi connectivity index (χ2v) is 4.67. The van der Waals surface area contributed by atoms with Gasteiger partial charge in [-0.1, -0.05) is 6.92 Å². The first-order valence-corrected chi connectivity index (χ1v) is 6.11. The molecule has 0 spiro atoms. The van der Waals surface area contributed by atoms with Gasteiger partial charge in [0.05, 0.1) is 13.2 Å². The minimum atomic E-state index is 0.260. The maximum absolute atomic E-state index is 9.04. The van der Waals surface area contributed by atoms with Crippen molar-refractivity contribution in [3.8, 4) is 0 Å². The van der Waals surface area contributed by atoms with Gasteiger partial charge >= 0.3 is 0 Å². The molecule has 0 bridgehead atoms. The predicted molar refractivity (Wildman–Crippen MR) is 62.0 cm³/mol. The number of aliphatic hydroxyl groups excluding tert-OH is 1. The first kappa shape index (κ1) is 12.9. The summed E-state index contributed by atoms with van der Waals surface area (Å²) in [7, 11) is 1.74. The minimum Gasteiger partial charge on any atom is -0.395 e. The van der Waals surface area contributed by atoms with Crippen molar-refractivity contribution in [3.63, 3.8) is 0 Å². The second kappa shape index (κ2) is 7.20. The van der Waals surface area contributed by atoms with Crippen LogP contribution in [0, 0.1) is 5.92 Å². The molecule has 0 amide bonds. The standard InChI is InChI=1S/C12H25NO2/c1-11-3-5-12(6-4-11)13(7-9-14)8-10-15-2/h11-12,14H,3-10H2,1-2H3. The molecule has 0 aromatic rings. The van der Waals surface area contributed by atoms with Crippen LogP contribution in [0.2, 0.25) is 0 Å². The Bertz CT molecular complexity index is 156. The van der Waals surface area contributed by atoms with E-state index in [9.17, 15) is 0 Å². The average molecular weight is 215 g/mol. The smallest absolute Gasteiger partial charge is 0.0589 e. The van der Waals surface area contributed by atoms with Crippen molar-refractivity contribution in [2.24, 2.45) is 5.92 Å². The summed E-state index contributed by atoms with van der Waals surface area (Å²) in [5.74, 6) is 0.889. The van der Waals surface area contributed by atoms with Gasteiger partial charge in [0.15, 0.2) is 0 Å². The monoisotopic (exact) mass is 215 g/mol. The summed E-state index contributed by atoms with van der Waals surface area (Å²) in [6, 6.07) is 0.670. The molecule has 1 N–H and O–H groups in total. The Labute approximate surface area is 93.4 Å². The van der Waals surface area contributed by atoms with Crippen molar-refractivity contribution in [1.82, 2.24) is 4.90 Å². The van der Waals surface area contributed by atoms with Crippen molar-refractivity contribution in [3.05, 3.63) is 0 Å². The molecule has 1 aliphatic rings. The number of nitrogens with zero attached hydrogens (tertiary/aromatic N) is 1. The second-order valence-electron chi connectivity index (χ2n) is 4.67. The number of aliphatic hydroxyl groups is 1. The van der Waals surface area contributed by atoms with E-state index >= 15 is 0 Å². The molecule has 0 radical (unpaired) electrons. The Hall–Kier alpha value is -0.120. The molecule has 1 aliphatic carbocycles. The molecule has 90 valence electrons. The highest BCUT2D eigenvalue weighted by Gasteiger charge is 2.23. The molecule has 0 unspecified atom stereocenters. The van der Waals surface area contributed by atoms with Gasteiger partial charge in [0.1, 0.15) is 0 Å². The van der Waals surface area contributed by atoms with Crippen molar-refractivity contribution < 1.29 is 9.84 Å². The zero-order valence-corrected chi connectivity index (χ0v) is 10.1. The first-order valence-electron chi connectivity index (χ1n) is 6.11. The molecule has 1 saturated carbocycles. The molecule has 15 heavy (non-hydrogen) atoms. The summed E-state index contributed by atoms with van der Waals surface area (Å²) >= 11 is 0. The minimum absolute atomic E-state index is 0.260. The van der Waals surface area contributed by atoms with Gasteiger partial charge in [0, 0.05) is 26.2 Å². The van der Waals surface area contributed by atoms with E-state index in [1.165, 1.54) is 25.7 Å². The van der Waals surface area contributed by atoms with Crippen molar-refractivity contribution in [1.29, 1.82) is 0 Å². The van der Waals surface area contributed by atoms with E-state index in [1.807, 2.05) is 0 Å². The Kier molecular flexibility index (Phi) is 6.22. The van der Waals surface area contributed by atoms with Crippen LogP contribution in [0.25, 0.3) is 0 Å². The molecule has 3 heteroatoms. The SMILES string of the molecule is COCCN(CCO)C1CCC(C)CC1. The van der Waals surface area contributed by atoms with Gasteiger partial charge in [0.25, 0.3) is 0 Å². The van der Waals surface area contributed by atoms with Crippen molar-refractivity contribution in [2.45, 2.75) is 38.6 Å². The third-order valence-electron chi connectivity index (χ3n) is 3.47. The van der Waals surface area contributed by atoms with Gasteiger partial charge in [-0.3, -0.25) is 4.90 Å². The largest absolute Gasteiger partial charge is 0.395 e. The van der Waals surface area contributed by atoms with E-state index in [1.54, 1.807) is 7.11 Å². The Morgan fingerprint density at radius 2 is 1.87 bits per heavy atom. The summed E-state index contributed by atoms with van der Waals surface area (Å²) in [4.78, 5) is 2.38. The van der Waals surface area contributed by atoms with E-state index < -0.39 is 0 Å². The zero-order valence-electron chi connectivity index (χ0n) is 10.1. The van der Waals surface area contributed by atoms with Crippen LogP contribution in [-0.4, -0.2) is 49.5 Å². The predicted octanol–water partition coefficient (Wildman–Crippen LogP) is 1.51. The molecule has 0 saturated heterocycles. The summed E-state index contributed by atoms with van der Waals surface area (Å²) in [5, 5.41) is 9.04. The van der Waals surface area contributed by atoms with Gasteiger partial charge < -0.3 is 9.84 Å². The maximum Gasteiger partial charge on any atom is 0.0589 e. The fourth-order valence-electron chi connectivity index (χ4n) is 2.42. The van der Waals surface area contributed by atoms with E-state index in [-0.39, 0.29) is 6.61 Å². The topological polar surface area (TPSA) is 32.7 Å². The van der Waals surface area contributed by atoms with Crippen LogP contribution in [-0.2, 0) is 4.74 Å². The van der Waals surface area contributed by atoms with Gasteiger partial charge in [-0.2, -0.15) is 0 Å². The Balaban J connectivity index is 2.33. The van der Waals surface area contributed by atoms with E-state index in [4.69, 9.17) is 9.84 Å². The summed E-state index contributed by atoms with van der Waals surface area (Å²) in [6.45, 7) is 5.11. The van der Waals surface area contributed by atoms with Crippen molar-refractivity contribution in [2.75, 3.05) is 33.4 Å². The number of methoxy groups -OCH3 is 1. The molecule has 1 fully saturated rings. The fourth-order valence-corrected chi connectivity index (χ4v) is 2.42. The Morgan fingerprint density at radius 1 is 1.20 bits per heavy atom. The highest BCUT2D eigenvalue weighted by molar-refractivity contribution is 4.78. The van der Waals surface area contributed by atoms with Crippen LogP contribution in [0.4, 0.5) is 0 Å². The normalized spacial score (nSPS) is 27.2. The third-order valence-corrected chi connectivity index (χ3v) is 3.47. The molecule has 0 aliphatic heterocycles. The van der Waals surface area contributed by atoms with Crippen LogP contribution in [0.1, 0.15) is 32.6 Å². The molecule has 0 aromatic carbocycles. The van der Waals surface area contributed by atoms with Crippen LogP contribution in [0.5, 0.6) is 0 Å². The summed E-state index contributed by atoms with van der Waals surface area (Å²) < 4.78 is 5.11. The highest BCUT2D eigenvalue weighted by atomic mass is 16.5. The third kappa shape index (κ3) is 4.49. The number of hydrogen-bond acceptors (Lipinski definition) is 3. The lowest BCUT2D eigenvalue weighted by Gasteiger charge is -2.35. The molecular formula is C12H25NO2. The van der Waals surface area contributed by atoms with Gasteiger partial charge in [-0.05, 0) is 31.6 Å². The first-order chi connectivity index (χ1) is 7.27. The zero-order chi connectivity index (χ0) is 11.1. The van der Waals surface area contributed by atoms with Crippen molar-refractivity contribution >= 4 is 0 Å². The summed E-state index contributed by atoms with van der Waals surface area (Å²) in [6.07, 6.45) is 5.23. The molecule has 3 nitrogen and oxygen atoms in total. The molecular weight excluding hydrogens is 190 g/mol. The lowest BCUT2D eigenvalue weighted by molar-refractivity contribution is 0.0790. The van der Waals surface area contributed by atoms with Crippen LogP contribution in [0.3, 0.4) is 0 Å². The van der Waals surface area contributed by atoms with Gasteiger partial charge in [0.2, 0.25) is 0 Å². The van der Waals surface area contributed by atoms with E-state index in [0.717, 1.165) is 25.6 Å². The number of hydrogen-bond donors (Lipinski definition) is 1. The maximum atomic E-state index is 9.04. The highest BCUT2D eigenvalue weighted by Crippen LogP contribution is 2.26.